The Balaban J connectivity index is 1.73. The summed E-state index contributed by atoms with van der Waals surface area (Å²) in [5, 5.41) is 0.868. The molecular weight excluding hydrogens is 415 g/mol. The van der Waals surface area contributed by atoms with Gasteiger partial charge in [0.15, 0.2) is 22.2 Å². The van der Waals surface area contributed by atoms with E-state index in [1.54, 1.807) is 0 Å². The Bertz CT molecular complexity index is 1110. The predicted octanol–water partition coefficient (Wildman–Crippen LogP) is 1.81. The van der Waals surface area contributed by atoms with Crippen molar-refractivity contribution >= 4 is 38.8 Å². The van der Waals surface area contributed by atoms with Crippen molar-refractivity contribution in [2.45, 2.75) is 12.2 Å². The van der Waals surface area contributed by atoms with Gasteiger partial charge >= 0.3 is 0 Å². The summed E-state index contributed by atoms with van der Waals surface area (Å²) in [6.07, 6.45) is 0. The number of hydrogen-bond donors (Lipinski definition) is 1. The van der Waals surface area contributed by atoms with Crippen molar-refractivity contribution in [1.82, 2.24) is 0 Å². The number of likely N-dealkylation sites (N-methyl/N-ethyl adjacent to an activating group) is 1. The zero-order chi connectivity index (χ0) is 22.1. The molecule has 10 heteroatoms. The number of rotatable bonds is 6. The lowest BCUT2D eigenvalue weighted by molar-refractivity contribution is -0.121. The van der Waals surface area contributed by atoms with Crippen LogP contribution < -0.4 is 15.0 Å². The van der Waals surface area contributed by atoms with Gasteiger partial charge in [0.1, 0.15) is 22.6 Å². The Morgan fingerprint density at radius 1 is 1.20 bits per heavy atom. The minimum absolute atomic E-state index is 0.0777. The molecule has 0 radical (unpaired) electrons. The Morgan fingerprint density at radius 3 is 2.53 bits per heavy atom. The molecule has 0 fully saturated rings. The molecule has 2 aromatic rings. The summed E-state index contributed by atoms with van der Waals surface area (Å²) >= 11 is 0. The van der Waals surface area contributed by atoms with Crippen molar-refractivity contribution < 1.29 is 31.9 Å². The molecule has 3 rings (SSSR count). The maximum Gasteiger partial charge on any atom is 0.264 e. The quantitative estimate of drug-likeness (QED) is 0.695. The number of ketones is 1. The van der Waals surface area contributed by atoms with Crippen LogP contribution in [0, 0.1) is 5.82 Å². The van der Waals surface area contributed by atoms with Crippen LogP contribution in [-0.4, -0.2) is 50.7 Å². The molecule has 1 aliphatic rings. The number of halogens is 1. The number of hydrogen-bond acceptors (Lipinski definition) is 6. The summed E-state index contributed by atoms with van der Waals surface area (Å²) in [5.41, 5.74) is 0.669. The maximum absolute atomic E-state index is 12.9. The van der Waals surface area contributed by atoms with Gasteiger partial charge in [0.25, 0.3) is 5.91 Å². The zero-order valence-electron chi connectivity index (χ0n) is 16.2. The first-order chi connectivity index (χ1) is 14.1. The lowest BCUT2D eigenvalue weighted by atomic mass is 10.1. The fourth-order valence-corrected chi connectivity index (χ4v) is 4.01. The third-order valence-corrected chi connectivity index (χ3v) is 6.65. The molecule has 8 nitrogen and oxygen atoms in total. The minimum Gasteiger partial charge on any atom is -0.482 e. The topological polar surface area (TPSA) is 110 Å². The SMILES string of the molecule is CC(C(=O)c1ccc2c(c1)N(C)C(=O)CO2)S(=O)(=O)CC(=O)Nc1ccc(F)cc1. The van der Waals surface area contributed by atoms with Crippen molar-refractivity contribution in [2.24, 2.45) is 0 Å². The third kappa shape index (κ3) is 4.48. The Hall–Kier alpha value is -3.27. The fraction of sp³-hybridized carbons (Fsp3) is 0.250. The first kappa shape index (κ1) is 21.4. The van der Waals surface area contributed by atoms with Gasteiger partial charge < -0.3 is 15.0 Å². The van der Waals surface area contributed by atoms with Crippen LogP contribution in [-0.2, 0) is 19.4 Å². The van der Waals surface area contributed by atoms with E-state index < -0.39 is 38.3 Å². The van der Waals surface area contributed by atoms with E-state index in [0.717, 1.165) is 12.1 Å². The highest BCUT2D eigenvalue weighted by atomic mass is 32.2. The molecule has 30 heavy (non-hydrogen) atoms. The van der Waals surface area contributed by atoms with Crippen molar-refractivity contribution in [3.8, 4) is 5.75 Å². The van der Waals surface area contributed by atoms with E-state index in [1.165, 1.54) is 49.2 Å². The molecular formula is C20H19FN2O6S. The molecule has 0 aliphatic carbocycles. The van der Waals surface area contributed by atoms with Gasteiger partial charge in [-0.15, -0.1) is 0 Å². The number of amides is 2. The minimum atomic E-state index is -4.13. The number of nitrogens with zero attached hydrogens (tertiary/aromatic N) is 1. The van der Waals surface area contributed by atoms with Crippen LogP contribution in [0.3, 0.4) is 0 Å². The summed E-state index contributed by atoms with van der Waals surface area (Å²) in [7, 11) is -2.60. The Labute approximate surface area is 172 Å². The predicted molar refractivity (Wildman–Crippen MR) is 108 cm³/mol. The van der Waals surface area contributed by atoms with Gasteiger partial charge in [0.05, 0.1) is 5.69 Å². The van der Waals surface area contributed by atoms with E-state index in [1.807, 2.05) is 0 Å². The van der Waals surface area contributed by atoms with Gasteiger partial charge in [-0.05, 0) is 49.4 Å². The van der Waals surface area contributed by atoms with Crippen molar-refractivity contribution in [3.63, 3.8) is 0 Å². The number of ether oxygens (including phenoxy) is 1. The lowest BCUT2D eigenvalue weighted by Crippen LogP contribution is -2.36. The van der Waals surface area contributed by atoms with Gasteiger partial charge in [-0.3, -0.25) is 14.4 Å². The van der Waals surface area contributed by atoms with Crippen LogP contribution in [0.15, 0.2) is 42.5 Å². The van der Waals surface area contributed by atoms with Crippen LogP contribution in [0.25, 0.3) is 0 Å². The van der Waals surface area contributed by atoms with Crippen molar-refractivity contribution in [2.75, 3.05) is 29.6 Å². The second-order valence-electron chi connectivity index (χ2n) is 6.79. The van der Waals surface area contributed by atoms with Gasteiger partial charge in [-0.1, -0.05) is 0 Å². The molecule has 0 bridgehead atoms. The second kappa shape index (κ2) is 8.23. The third-order valence-electron chi connectivity index (χ3n) is 4.70. The molecule has 1 heterocycles. The first-order valence-electron chi connectivity index (χ1n) is 8.93. The van der Waals surface area contributed by atoms with E-state index in [4.69, 9.17) is 4.74 Å². The summed E-state index contributed by atoms with van der Waals surface area (Å²) in [6.45, 7) is 1.08. The number of fused-ring (bicyclic) bond motifs is 1. The Morgan fingerprint density at radius 2 is 1.87 bits per heavy atom. The van der Waals surface area contributed by atoms with E-state index in [-0.39, 0.29) is 23.8 Å². The highest BCUT2D eigenvalue weighted by molar-refractivity contribution is 7.93. The summed E-state index contributed by atoms with van der Waals surface area (Å²) in [5.74, 6) is -2.86. The zero-order valence-corrected chi connectivity index (χ0v) is 17.0. The van der Waals surface area contributed by atoms with Gasteiger partial charge in [-0.25, -0.2) is 12.8 Å². The number of anilines is 2. The molecule has 0 saturated carbocycles. The van der Waals surface area contributed by atoms with Crippen LogP contribution in [0.1, 0.15) is 17.3 Å². The van der Waals surface area contributed by atoms with Crippen molar-refractivity contribution in [3.05, 3.63) is 53.8 Å². The standard InChI is InChI=1S/C20H19FN2O6S/c1-12(30(27,28)11-18(24)22-15-6-4-14(21)5-7-15)20(26)13-3-8-17-16(9-13)23(2)19(25)10-29-17/h3-9,12H,10-11H2,1-2H3,(H,22,24). The molecule has 0 spiro atoms. The number of carbonyl (C=O) groups is 3. The van der Waals surface area contributed by atoms with Gasteiger partial charge in [0.2, 0.25) is 5.91 Å². The molecule has 1 atom stereocenters. The molecule has 0 saturated heterocycles. The number of nitrogens with one attached hydrogen (secondary N) is 1. The largest absolute Gasteiger partial charge is 0.482 e. The molecule has 2 amide bonds. The highest BCUT2D eigenvalue weighted by Gasteiger charge is 2.32. The first-order valence-corrected chi connectivity index (χ1v) is 10.6. The van der Waals surface area contributed by atoms with Crippen LogP contribution in [0.5, 0.6) is 5.75 Å². The van der Waals surface area contributed by atoms with Crippen LogP contribution >= 0.6 is 0 Å². The number of carbonyl (C=O) groups excluding carboxylic acids is 3. The van der Waals surface area contributed by atoms with Crippen molar-refractivity contribution in [1.29, 1.82) is 0 Å². The summed E-state index contributed by atoms with van der Waals surface area (Å²) in [4.78, 5) is 37.9. The molecule has 1 aliphatic heterocycles. The van der Waals surface area contributed by atoms with E-state index >= 15 is 0 Å². The Kier molecular flexibility index (Phi) is 5.88. The molecule has 2 aromatic carbocycles. The normalized spacial score (nSPS) is 14.5. The monoisotopic (exact) mass is 434 g/mol. The number of Topliss-reactive ketones (excluding diaryl/α,β-unsaturated/α-hetero) is 1. The lowest BCUT2D eigenvalue weighted by Gasteiger charge is -2.26. The van der Waals surface area contributed by atoms with Crippen LogP contribution in [0.2, 0.25) is 0 Å². The van der Waals surface area contributed by atoms with Crippen LogP contribution in [0.4, 0.5) is 15.8 Å². The van der Waals surface area contributed by atoms with Gasteiger partial charge in [0, 0.05) is 18.3 Å². The molecule has 0 aromatic heterocycles. The highest BCUT2D eigenvalue weighted by Crippen LogP contribution is 2.32. The summed E-state index contributed by atoms with van der Waals surface area (Å²) < 4.78 is 43.4. The second-order valence-corrected chi connectivity index (χ2v) is 9.11. The fourth-order valence-electron chi connectivity index (χ4n) is 2.86. The average Bonchev–Trinajstić information content (AvgIpc) is 2.70. The molecule has 1 unspecified atom stereocenters. The number of benzene rings is 2. The average molecular weight is 434 g/mol. The maximum atomic E-state index is 12.9. The van der Waals surface area contributed by atoms with E-state index in [0.29, 0.717) is 11.4 Å². The van der Waals surface area contributed by atoms with Gasteiger partial charge in [-0.2, -0.15) is 0 Å². The smallest absolute Gasteiger partial charge is 0.264 e. The molecule has 1 N–H and O–H groups in total. The number of sulfone groups is 1. The summed E-state index contributed by atoms with van der Waals surface area (Å²) in [6, 6.07) is 9.12. The molecule has 158 valence electrons. The van der Waals surface area contributed by atoms with E-state index in [9.17, 15) is 27.2 Å². The van der Waals surface area contributed by atoms with E-state index in [2.05, 4.69) is 5.32 Å².